The highest BCUT2D eigenvalue weighted by atomic mass is 16.5. The molecule has 1 aromatic heterocycles. The molecule has 1 aliphatic carbocycles. The summed E-state index contributed by atoms with van der Waals surface area (Å²) in [4.78, 5) is 14.6. The smallest absolute Gasteiger partial charge is 0.220 e. The van der Waals surface area contributed by atoms with Crippen LogP contribution >= 0.6 is 0 Å². The molecule has 2 aliphatic rings. The van der Waals surface area contributed by atoms with E-state index < -0.39 is 0 Å². The number of amides is 1. The quantitative estimate of drug-likeness (QED) is 0.785. The molecule has 4 rings (SSSR count). The SMILES string of the molecule is O=C(CCCn1nnnc1CN1CCOCC1)N[C@@H]1CCc2ccccc21. The number of nitrogens with one attached hydrogen (secondary N) is 1. The monoisotopic (exact) mass is 370 g/mol. The molecule has 0 unspecified atom stereocenters. The maximum absolute atomic E-state index is 12.3. The van der Waals surface area contributed by atoms with E-state index >= 15 is 0 Å². The summed E-state index contributed by atoms with van der Waals surface area (Å²) in [7, 11) is 0. The van der Waals surface area contributed by atoms with Crippen molar-refractivity contribution in [3.05, 3.63) is 41.2 Å². The molecular weight excluding hydrogens is 344 g/mol. The van der Waals surface area contributed by atoms with Crippen molar-refractivity contribution in [3.8, 4) is 0 Å². The average Bonchev–Trinajstić information content (AvgIpc) is 3.30. The number of ether oxygens (including phenoxy) is 1. The average molecular weight is 370 g/mol. The van der Waals surface area contributed by atoms with Gasteiger partial charge in [0, 0.05) is 26.1 Å². The first-order valence-corrected chi connectivity index (χ1v) is 9.72. The van der Waals surface area contributed by atoms with E-state index in [2.05, 4.69) is 43.9 Å². The Morgan fingerprint density at radius 3 is 3.00 bits per heavy atom. The van der Waals surface area contributed by atoms with Gasteiger partial charge in [-0.05, 0) is 40.8 Å². The summed E-state index contributed by atoms with van der Waals surface area (Å²) in [6.45, 7) is 4.69. The van der Waals surface area contributed by atoms with Gasteiger partial charge in [0.1, 0.15) is 0 Å². The Morgan fingerprint density at radius 2 is 2.11 bits per heavy atom. The Bertz CT molecular complexity index is 771. The van der Waals surface area contributed by atoms with Crippen LogP contribution in [0.3, 0.4) is 0 Å². The summed E-state index contributed by atoms with van der Waals surface area (Å²) in [5.41, 5.74) is 2.61. The van der Waals surface area contributed by atoms with Crippen molar-refractivity contribution < 1.29 is 9.53 Å². The number of carbonyl (C=O) groups is 1. The van der Waals surface area contributed by atoms with Gasteiger partial charge >= 0.3 is 0 Å². The summed E-state index contributed by atoms with van der Waals surface area (Å²) in [6.07, 6.45) is 3.23. The lowest BCUT2D eigenvalue weighted by Gasteiger charge is -2.25. The Morgan fingerprint density at radius 1 is 1.26 bits per heavy atom. The molecule has 2 aromatic rings. The van der Waals surface area contributed by atoms with Crippen molar-refractivity contribution in [2.45, 2.75) is 44.8 Å². The molecule has 1 aromatic carbocycles. The van der Waals surface area contributed by atoms with Gasteiger partial charge in [0.25, 0.3) is 0 Å². The number of tetrazole rings is 1. The van der Waals surface area contributed by atoms with Crippen LogP contribution in [0.2, 0.25) is 0 Å². The number of hydrogen-bond donors (Lipinski definition) is 1. The topological polar surface area (TPSA) is 85.2 Å². The number of carbonyl (C=O) groups excluding carboxylic acids is 1. The first-order chi connectivity index (χ1) is 13.3. The summed E-state index contributed by atoms with van der Waals surface area (Å²) in [5.74, 6) is 0.946. The van der Waals surface area contributed by atoms with Crippen LogP contribution in [0.15, 0.2) is 24.3 Å². The Hall–Kier alpha value is -2.32. The van der Waals surface area contributed by atoms with Gasteiger partial charge in [-0.1, -0.05) is 24.3 Å². The van der Waals surface area contributed by atoms with Crippen LogP contribution in [0.4, 0.5) is 0 Å². The maximum Gasteiger partial charge on any atom is 0.220 e. The molecule has 27 heavy (non-hydrogen) atoms. The van der Waals surface area contributed by atoms with Gasteiger partial charge < -0.3 is 10.1 Å². The van der Waals surface area contributed by atoms with Crippen molar-refractivity contribution in [1.29, 1.82) is 0 Å². The highest BCUT2D eigenvalue weighted by Gasteiger charge is 2.23. The zero-order valence-electron chi connectivity index (χ0n) is 15.5. The molecule has 8 nitrogen and oxygen atoms in total. The fourth-order valence-corrected chi connectivity index (χ4v) is 3.83. The number of hydrogen-bond acceptors (Lipinski definition) is 6. The largest absolute Gasteiger partial charge is 0.379 e. The van der Waals surface area contributed by atoms with E-state index in [1.54, 1.807) is 0 Å². The van der Waals surface area contributed by atoms with Gasteiger partial charge in [0.15, 0.2) is 5.82 Å². The molecule has 1 aliphatic heterocycles. The predicted molar refractivity (Wildman–Crippen MR) is 98.8 cm³/mol. The number of benzene rings is 1. The van der Waals surface area contributed by atoms with E-state index in [4.69, 9.17) is 4.74 Å². The zero-order chi connectivity index (χ0) is 18.5. The van der Waals surface area contributed by atoms with Crippen molar-refractivity contribution in [1.82, 2.24) is 30.4 Å². The van der Waals surface area contributed by atoms with E-state index in [0.717, 1.165) is 57.9 Å². The number of morpholine rings is 1. The molecule has 0 saturated carbocycles. The standard InChI is InChI=1S/C19H26N6O2/c26-19(20-17-8-7-15-4-1-2-5-16(15)17)6-3-9-25-18(21-22-23-25)14-24-10-12-27-13-11-24/h1-2,4-5,17H,3,6-14H2,(H,20,26)/t17-/m1/s1. The lowest BCUT2D eigenvalue weighted by Crippen LogP contribution is -2.36. The number of aromatic nitrogens is 4. The van der Waals surface area contributed by atoms with Crippen molar-refractivity contribution >= 4 is 5.91 Å². The van der Waals surface area contributed by atoms with Gasteiger partial charge in [-0.3, -0.25) is 9.69 Å². The molecule has 1 amide bonds. The van der Waals surface area contributed by atoms with Crippen molar-refractivity contribution in [2.75, 3.05) is 26.3 Å². The van der Waals surface area contributed by atoms with E-state index in [9.17, 15) is 4.79 Å². The lowest BCUT2D eigenvalue weighted by molar-refractivity contribution is -0.122. The summed E-state index contributed by atoms with van der Waals surface area (Å²) < 4.78 is 7.19. The summed E-state index contributed by atoms with van der Waals surface area (Å²) in [5, 5.41) is 15.2. The van der Waals surface area contributed by atoms with E-state index in [-0.39, 0.29) is 11.9 Å². The molecule has 1 fully saturated rings. The van der Waals surface area contributed by atoms with Gasteiger partial charge in [0.05, 0.1) is 25.8 Å². The molecule has 8 heteroatoms. The van der Waals surface area contributed by atoms with Gasteiger partial charge in [0.2, 0.25) is 5.91 Å². The summed E-state index contributed by atoms with van der Waals surface area (Å²) >= 11 is 0. The van der Waals surface area contributed by atoms with Gasteiger partial charge in [-0.2, -0.15) is 0 Å². The predicted octanol–water partition coefficient (Wildman–Crippen LogP) is 1.09. The molecule has 0 spiro atoms. The van der Waals surface area contributed by atoms with Crippen LogP contribution in [0.5, 0.6) is 0 Å². The van der Waals surface area contributed by atoms with Crippen molar-refractivity contribution in [2.24, 2.45) is 0 Å². The number of aryl methyl sites for hydroxylation is 2. The third-order valence-corrected chi connectivity index (χ3v) is 5.32. The lowest BCUT2D eigenvalue weighted by atomic mass is 10.1. The first kappa shape index (κ1) is 18.1. The molecule has 1 saturated heterocycles. The van der Waals surface area contributed by atoms with Crippen LogP contribution in [-0.2, 0) is 29.0 Å². The minimum absolute atomic E-state index is 0.0968. The van der Waals surface area contributed by atoms with Crippen LogP contribution in [0.25, 0.3) is 0 Å². The van der Waals surface area contributed by atoms with Crippen molar-refractivity contribution in [3.63, 3.8) is 0 Å². The normalized spacial score (nSPS) is 19.8. The van der Waals surface area contributed by atoms with E-state index in [1.807, 2.05) is 10.7 Å². The Labute approximate surface area is 158 Å². The molecule has 0 bridgehead atoms. The molecule has 144 valence electrons. The highest BCUT2D eigenvalue weighted by Crippen LogP contribution is 2.30. The van der Waals surface area contributed by atoms with Crippen LogP contribution < -0.4 is 5.32 Å². The van der Waals surface area contributed by atoms with Gasteiger partial charge in [-0.25, -0.2) is 4.68 Å². The van der Waals surface area contributed by atoms with Crippen LogP contribution in [0.1, 0.15) is 42.3 Å². The number of rotatable bonds is 7. The first-order valence-electron chi connectivity index (χ1n) is 9.72. The number of fused-ring (bicyclic) bond motifs is 1. The van der Waals surface area contributed by atoms with E-state index in [0.29, 0.717) is 13.0 Å². The second kappa shape index (κ2) is 8.58. The third-order valence-electron chi connectivity index (χ3n) is 5.32. The molecule has 2 heterocycles. The fourth-order valence-electron chi connectivity index (χ4n) is 3.83. The van der Waals surface area contributed by atoms with Crippen LogP contribution in [-0.4, -0.2) is 57.3 Å². The highest BCUT2D eigenvalue weighted by molar-refractivity contribution is 5.76. The fraction of sp³-hybridized carbons (Fsp3) is 0.579. The molecule has 1 N–H and O–H groups in total. The second-order valence-corrected chi connectivity index (χ2v) is 7.17. The Kier molecular flexibility index (Phi) is 5.74. The van der Waals surface area contributed by atoms with Gasteiger partial charge in [-0.15, -0.1) is 5.10 Å². The van der Waals surface area contributed by atoms with E-state index in [1.165, 1.54) is 11.1 Å². The minimum atomic E-state index is 0.0968. The zero-order valence-corrected chi connectivity index (χ0v) is 15.5. The third kappa shape index (κ3) is 4.51. The molecule has 0 radical (unpaired) electrons. The molecule has 1 atom stereocenters. The minimum Gasteiger partial charge on any atom is -0.379 e. The number of nitrogens with zero attached hydrogens (tertiary/aromatic N) is 5. The molecular formula is C19H26N6O2. The summed E-state index contributed by atoms with van der Waals surface area (Å²) in [6, 6.07) is 8.51. The van der Waals surface area contributed by atoms with Crippen LogP contribution in [0, 0.1) is 0 Å². The maximum atomic E-state index is 12.3. The second-order valence-electron chi connectivity index (χ2n) is 7.17. The Balaban J connectivity index is 1.23.